The van der Waals surface area contributed by atoms with Gasteiger partial charge in [0.15, 0.2) is 0 Å². The number of nitro groups is 1. The number of ether oxygens (including phenoxy) is 1. The van der Waals surface area contributed by atoms with Crippen molar-refractivity contribution in [2.45, 2.75) is 19.9 Å². The van der Waals surface area contributed by atoms with Crippen LogP contribution in [-0.2, 0) is 13.0 Å². The molecule has 6 nitrogen and oxygen atoms in total. The fraction of sp³-hybridized carbons (Fsp3) is 0.267. The van der Waals surface area contributed by atoms with Crippen LogP contribution in [0.15, 0.2) is 36.4 Å². The topological polar surface area (TPSA) is 91.3 Å². The van der Waals surface area contributed by atoms with Gasteiger partial charge in [0.2, 0.25) is 0 Å². The summed E-state index contributed by atoms with van der Waals surface area (Å²) in [4.78, 5) is 14.9. The number of para-hydroxylation sites is 1. The lowest BCUT2D eigenvalue weighted by Gasteiger charge is -2.10. The minimum atomic E-state index is -0.381. The van der Waals surface area contributed by atoms with Crippen LogP contribution in [-0.4, -0.2) is 16.5 Å². The van der Waals surface area contributed by atoms with Crippen molar-refractivity contribution >= 4 is 5.69 Å². The molecule has 2 aromatic rings. The third-order valence-electron chi connectivity index (χ3n) is 3.08. The maximum Gasteiger partial charge on any atom is 0.272 e. The molecule has 2 N–H and O–H groups in total. The average Bonchev–Trinajstić information content (AvgIpc) is 2.49. The van der Waals surface area contributed by atoms with Crippen molar-refractivity contribution in [1.82, 2.24) is 4.98 Å². The Morgan fingerprint density at radius 2 is 2.05 bits per heavy atom. The Bertz CT molecular complexity index is 644. The first-order valence-electron chi connectivity index (χ1n) is 6.63. The lowest BCUT2D eigenvalue weighted by Crippen LogP contribution is -2.08. The summed E-state index contributed by atoms with van der Waals surface area (Å²) in [6.45, 7) is 2.52. The number of benzene rings is 1. The number of nitrogens with zero attached hydrogens (tertiary/aromatic N) is 2. The molecule has 0 spiro atoms. The van der Waals surface area contributed by atoms with E-state index in [9.17, 15) is 10.1 Å². The maximum absolute atomic E-state index is 10.9. The first-order chi connectivity index (χ1) is 10.1. The van der Waals surface area contributed by atoms with Gasteiger partial charge in [0.05, 0.1) is 17.2 Å². The van der Waals surface area contributed by atoms with Gasteiger partial charge < -0.3 is 10.5 Å². The van der Waals surface area contributed by atoms with Gasteiger partial charge in [0.1, 0.15) is 5.75 Å². The Hall–Kier alpha value is -2.47. The standard InChI is InChI=1S/C15H17N3O3/c1-11-6-7-15(13(10-16)17-11)21-9-8-12-4-2-3-5-14(12)18(19)20/h2-7H,8-10,16H2,1H3. The highest BCUT2D eigenvalue weighted by Gasteiger charge is 2.12. The first-order valence-corrected chi connectivity index (χ1v) is 6.63. The summed E-state index contributed by atoms with van der Waals surface area (Å²) in [6.07, 6.45) is 0.453. The van der Waals surface area contributed by atoms with Crippen molar-refractivity contribution in [1.29, 1.82) is 0 Å². The summed E-state index contributed by atoms with van der Waals surface area (Å²) in [5.41, 5.74) is 7.97. The third kappa shape index (κ3) is 3.76. The third-order valence-corrected chi connectivity index (χ3v) is 3.08. The van der Waals surface area contributed by atoms with Gasteiger partial charge in [-0.2, -0.15) is 0 Å². The summed E-state index contributed by atoms with van der Waals surface area (Å²) in [6, 6.07) is 10.3. The van der Waals surface area contributed by atoms with Crippen molar-refractivity contribution in [3.05, 3.63) is 63.5 Å². The highest BCUT2D eigenvalue weighted by atomic mass is 16.6. The molecule has 0 aliphatic heterocycles. The number of nitro benzene ring substituents is 1. The van der Waals surface area contributed by atoms with Crippen LogP contribution in [0.2, 0.25) is 0 Å². The van der Waals surface area contributed by atoms with Crippen molar-refractivity contribution in [2.24, 2.45) is 5.73 Å². The maximum atomic E-state index is 10.9. The summed E-state index contributed by atoms with van der Waals surface area (Å²) >= 11 is 0. The van der Waals surface area contributed by atoms with Crippen LogP contribution in [0.25, 0.3) is 0 Å². The van der Waals surface area contributed by atoms with E-state index < -0.39 is 0 Å². The van der Waals surface area contributed by atoms with E-state index in [2.05, 4.69) is 4.98 Å². The second-order valence-electron chi connectivity index (χ2n) is 4.59. The number of hydrogen-bond acceptors (Lipinski definition) is 5. The fourth-order valence-corrected chi connectivity index (χ4v) is 2.05. The molecule has 6 heteroatoms. The lowest BCUT2D eigenvalue weighted by atomic mass is 10.1. The van der Waals surface area contributed by atoms with Crippen molar-refractivity contribution in [2.75, 3.05) is 6.61 Å². The highest BCUT2D eigenvalue weighted by molar-refractivity contribution is 5.40. The molecule has 2 rings (SSSR count). The Morgan fingerprint density at radius 1 is 1.29 bits per heavy atom. The van der Waals surface area contributed by atoms with E-state index in [1.54, 1.807) is 18.2 Å². The number of nitrogens with two attached hydrogens (primary N) is 1. The predicted octanol–water partition coefficient (Wildman–Crippen LogP) is 2.38. The van der Waals surface area contributed by atoms with Gasteiger partial charge in [0, 0.05) is 30.3 Å². The minimum absolute atomic E-state index is 0.113. The number of hydrogen-bond donors (Lipinski definition) is 1. The molecule has 0 aliphatic carbocycles. The summed E-state index contributed by atoms with van der Waals surface area (Å²) in [5.74, 6) is 0.627. The molecule has 1 heterocycles. The molecular formula is C15H17N3O3. The molecule has 0 fully saturated rings. The molecular weight excluding hydrogens is 270 g/mol. The fourth-order valence-electron chi connectivity index (χ4n) is 2.05. The smallest absolute Gasteiger partial charge is 0.272 e. The van der Waals surface area contributed by atoms with Crippen LogP contribution in [0.1, 0.15) is 17.0 Å². The number of pyridine rings is 1. The normalized spacial score (nSPS) is 10.4. The molecule has 0 bridgehead atoms. The molecule has 0 amide bonds. The van der Waals surface area contributed by atoms with Crippen molar-refractivity contribution in [3.63, 3.8) is 0 Å². The summed E-state index contributed by atoms with van der Waals surface area (Å²) in [7, 11) is 0. The zero-order valence-electron chi connectivity index (χ0n) is 11.8. The predicted molar refractivity (Wildman–Crippen MR) is 79.2 cm³/mol. The van der Waals surface area contributed by atoms with Gasteiger partial charge in [-0.25, -0.2) is 0 Å². The van der Waals surface area contributed by atoms with E-state index >= 15 is 0 Å². The SMILES string of the molecule is Cc1ccc(OCCc2ccccc2[N+](=O)[O-])c(CN)n1. The highest BCUT2D eigenvalue weighted by Crippen LogP contribution is 2.20. The molecule has 1 aromatic carbocycles. The molecule has 0 unspecified atom stereocenters. The van der Waals surface area contributed by atoms with Crippen LogP contribution >= 0.6 is 0 Å². The zero-order valence-corrected chi connectivity index (χ0v) is 11.8. The molecule has 0 aliphatic rings. The van der Waals surface area contributed by atoms with Crippen LogP contribution < -0.4 is 10.5 Å². The molecule has 0 atom stereocenters. The molecule has 1 aromatic heterocycles. The van der Waals surface area contributed by atoms with Crippen LogP contribution in [0.4, 0.5) is 5.69 Å². The van der Waals surface area contributed by atoms with Crippen LogP contribution in [0.3, 0.4) is 0 Å². The zero-order chi connectivity index (χ0) is 15.2. The van der Waals surface area contributed by atoms with E-state index in [-0.39, 0.29) is 10.6 Å². The largest absolute Gasteiger partial charge is 0.491 e. The summed E-state index contributed by atoms with van der Waals surface area (Å²) < 4.78 is 5.66. The van der Waals surface area contributed by atoms with E-state index in [1.165, 1.54) is 6.07 Å². The second-order valence-corrected chi connectivity index (χ2v) is 4.59. The quantitative estimate of drug-likeness (QED) is 0.650. The first kappa shape index (κ1) is 14.9. The van der Waals surface area contributed by atoms with Gasteiger partial charge in [-0.1, -0.05) is 18.2 Å². The van der Waals surface area contributed by atoms with E-state index in [4.69, 9.17) is 10.5 Å². The van der Waals surface area contributed by atoms with Gasteiger partial charge >= 0.3 is 0 Å². The average molecular weight is 287 g/mol. The Labute approximate surface area is 122 Å². The van der Waals surface area contributed by atoms with E-state index in [0.29, 0.717) is 36.6 Å². The van der Waals surface area contributed by atoms with Crippen molar-refractivity contribution in [3.8, 4) is 5.75 Å². The van der Waals surface area contributed by atoms with Crippen LogP contribution in [0, 0.1) is 17.0 Å². The lowest BCUT2D eigenvalue weighted by molar-refractivity contribution is -0.385. The number of aryl methyl sites for hydroxylation is 1. The molecule has 0 saturated heterocycles. The minimum Gasteiger partial charge on any atom is -0.491 e. The summed E-state index contributed by atoms with van der Waals surface area (Å²) in [5, 5.41) is 10.9. The number of rotatable bonds is 6. The Balaban J connectivity index is 2.04. The molecule has 0 saturated carbocycles. The van der Waals surface area contributed by atoms with Crippen molar-refractivity contribution < 1.29 is 9.66 Å². The van der Waals surface area contributed by atoms with Gasteiger partial charge in [-0.05, 0) is 19.1 Å². The van der Waals surface area contributed by atoms with Crippen LogP contribution in [0.5, 0.6) is 5.75 Å². The van der Waals surface area contributed by atoms with Gasteiger partial charge in [-0.3, -0.25) is 15.1 Å². The van der Waals surface area contributed by atoms with E-state index in [0.717, 1.165) is 5.69 Å². The van der Waals surface area contributed by atoms with Gasteiger partial charge in [-0.15, -0.1) is 0 Å². The monoisotopic (exact) mass is 287 g/mol. The second kappa shape index (κ2) is 6.81. The molecule has 21 heavy (non-hydrogen) atoms. The number of aromatic nitrogens is 1. The Kier molecular flexibility index (Phi) is 4.84. The Morgan fingerprint density at radius 3 is 2.76 bits per heavy atom. The molecule has 0 radical (unpaired) electrons. The van der Waals surface area contributed by atoms with E-state index in [1.807, 2.05) is 19.1 Å². The molecule has 110 valence electrons. The van der Waals surface area contributed by atoms with Gasteiger partial charge in [0.25, 0.3) is 5.69 Å².